The molecule has 0 bridgehead atoms. The van der Waals surface area contributed by atoms with Crippen LogP contribution in [0.15, 0.2) is 0 Å². The molecule has 7 heteroatoms. The summed E-state index contributed by atoms with van der Waals surface area (Å²) in [5.41, 5.74) is 0. The molecule has 0 aliphatic heterocycles. The predicted molar refractivity (Wildman–Crippen MR) is 51.1 cm³/mol. The Morgan fingerprint density at radius 2 is 1.40 bits per heavy atom. The molecule has 0 aromatic carbocycles. The Morgan fingerprint density at radius 1 is 0.867 bits per heavy atom. The van der Waals surface area contributed by atoms with E-state index in [4.69, 9.17) is 15.3 Å². The number of hydrogen-bond acceptors (Lipinski definition) is 7. The first kappa shape index (κ1) is 14.7. The molecule has 0 unspecified atom stereocenters. The van der Waals surface area contributed by atoms with Crippen molar-refractivity contribution in [2.45, 2.75) is 24.4 Å². The summed E-state index contributed by atoms with van der Waals surface area (Å²) in [6.07, 6.45) is -5.94. The molecule has 0 saturated heterocycles. The van der Waals surface area contributed by atoms with Crippen LogP contribution in [0.4, 0.5) is 0 Å². The molecule has 7 nitrogen and oxygen atoms in total. The maximum absolute atomic E-state index is 9.31. The Bertz CT molecular complexity index is 158. The smallest absolute Gasteiger partial charge is 0.111 e. The highest BCUT2D eigenvalue weighted by Gasteiger charge is 2.29. The molecule has 0 aromatic heterocycles. The lowest BCUT2D eigenvalue weighted by Gasteiger charge is -2.25. The fourth-order valence-electron chi connectivity index (χ4n) is 1.01. The zero-order valence-electron chi connectivity index (χ0n) is 8.32. The quantitative estimate of drug-likeness (QED) is 0.209. The van der Waals surface area contributed by atoms with Crippen molar-refractivity contribution in [3.63, 3.8) is 0 Å². The van der Waals surface area contributed by atoms with E-state index >= 15 is 0 Å². The molecular formula is C8H19NO6. The summed E-state index contributed by atoms with van der Waals surface area (Å²) in [7, 11) is 0. The van der Waals surface area contributed by atoms with Gasteiger partial charge in [-0.15, -0.1) is 0 Å². The maximum Gasteiger partial charge on any atom is 0.111 e. The Balaban J connectivity index is 3.90. The third kappa shape index (κ3) is 5.38. The molecule has 0 heterocycles. The van der Waals surface area contributed by atoms with Gasteiger partial charge in [-0.1, -0.05) is 0 Å². The van der Waals surface area contributed by atoms with Gasteiger partial charge in [-0.05, 0) is 0 Å². The van der Waals surface area contributed by atoms with Crippen LogP contribution in [0.5, 0.6) is 0 Å². The lowest BCUT2D eigenvalue weighted by molar-refractivity contribution is -0.114. The Hall–Kier alpha value is -0.280. The van der Waals surface area contributed by atoms with Gasteiger partial charge in [0, 0.05) is 13.1 Å². The van der Waals surface area contributed by atoms with Crippen molar-refractivity contribution in [2.75, 3.05) is 26.3 Å². The summed E-state index contributed by atoms with van der Waals surface area (Å²) < 4.78 is 0. The minimum absolute atomic E-state index is 0.0308. The molecule has 15 heavy (non-hydrogen) atoms. The van der Waals surface area contributed by atoms with Gasteiger partial charge in [0.05, 0.1) is 19.3 Å². The predicted octanol–water partition coefficient (Wildman–Crippen LogP) is -4.00. The number of nitrogens with one attached hydrogen (secondary N) is 1. The molecule has 0 aromatic rings. The zero-order valence-corrected chi connectivity index (χ0v) is 8.32. The van der Waals surface area contributed by atoms with Gasteiger partial charge >= 0.3 is 0 Å². The molecule has 0 amide bonds. The van der Waals surface area contributed by atoms with E-state index in [0.717, 1.165) is 0 Å². The van der Waals surface area contributed by atoms with E-state index in [9.17, 15) is 15.3 Å². The van der Waals surface area contributed by atoms with Gasteiger partial charge in [0.1, 0.15) is 18.3 Å². The summed E-state index contributed by atoms with van der Waals surface area (Å²) in [5.74, 6) is 0. The second kappa shape index (κ2) is 7.94. The minimum Gasteiger partial charge on any atom is -0.395 e. The van der Waals surface area contributed by atoms with Crippen LogP contribution in [0.25, 0.3) is 0 Å². The van der Waals surface area contributed by atoms with Crippen LogP contribution in [0.3, 0.4) is 0 Å². The number of rotatable bonds is 8. The molecule has 0 aliphatic carbocycles. The Morgan fingerprint density at radius 3 is 1.87 bits per heavy atom. The van der Waals surface area contributed by atoms with Crippen molar-refractivity contribution < 1.29 is 30.6 Å². The van der Waals surface area contributed by atoms with Gasteiger partial charge in [-0.3, -0.25) is 0 Å². The van der Waals surface area contributed by atoms with E-state index in [-0.39, 0.29) is 19.7 Å². The average molecular weight is 225 g/mol. The minimum atomic E-state index is -1.61. The summed E-state index contributed by atoms with van der Waals surface area (Å²) >= 11 is 0. The number of hydrogen-bond donors (Lipinski definition) is 7. The topological polar surface area (TPSA) is 133 Å². The van der Waals surface area contributed by atoms with Gasteiger partial charge in [0.2, 0.25) is 0 Å². The van der Waals surface area contributed by atoms with Crippen LogP contribution in [0.1, 0.15) is 0 Å². The van der Waals surface area contributed by atoms with Gasteiger partial charge in [-0.2, -0.15) is 0 Å². The monoisotopic (exact) mass is 225 g/mol. The van der Waals surface area contributed by atoms with Crippen LogP contribution in [-0.2, 0) is 0 Å². The van der Waals surface area contributed by atoms with Gasteiger partial charge in [0.25, 0.3) is 0 Å². The van der Waals surface area contributed by atoms with Crippen molar-refractivity contribution in [3.8, 4) is 0 Å². The van der Waals surface area contributed by atoms with Crippen molar-refractivity contribution in [1.29, 1.82) is 0 Å². The summed E-state index contributed by atoms with van der Waals surface area (Å²) in [6.45, 7) is -0.584. The zero-order chi connectivity index (χ0) is 11.8. The third-order valence-electron chi connectivity index (χ3n) is 1.97. The average Bonchev–Trinajstić information content (AvgIpc) is 2.26. The highest BCUT2D eigenvalue weighted by molar-refractivity contribution is 4.81. The van der Waals surface area contributed by atoms with Crippen molar-refractivity contribution in [2.24, 2.45) is 0 Å². The fourth-order valence-corrected chi connectivity index (χ4v) is 1.01. The standard InChI is InChI=1S/C8H19NO6/c10-2-1-9-3-5(12)7(14)8(15)6(13)4-11/h5-15H,1-4H2/t5-,6-,7+,8+/m0/s1. The van der Waals surface area contributed by atoms with Crippen LogP contribution in [0.2, 0.25) is 0 Å². The fraction of sp³-hybridized carbons (Fsp3) is 1.00. The van der Waals surface area contributed by atoms with E-state index < -0.39 is 31.0 Å². The lowest BCUT2D eigenvalue weighted by atomic mass is 10.0. The van der Waals surface area contributed by atoms with Crippen LogP contribution >= 0.6 is 0 Å². The second-order valence-electron chi connectivity index (χ2n) is 3.23. The Labute approximate surface area is 87.6 Å². The summed E-state index contributed by atoms with van der Waals surface area (Å²) in [5, 5.41) is 56.4. The first-order chi connectivity index (χ1) is 7.04. The molecule has 0 spiro atoms. The molecule has 0 aliphatic rings. The van der Waals surface area contributed by atoms with Crippen molar-refractivity contribution >= 4 is 0 Å². The molecule has 7 N–H and O–H groups in total. The van der Waals surface area contributed by atoms with Crippen molar-refractivity contribution in [1.82, 2.24) is 5.32 Å². The van der Waals surface area contributed by atoms with Gasteiger partial charge < -0.3 is 36.0 Å². The van der Waals surface area contributed by atoms with E-state index in [1.165, 1.54) is 0 Å². The van der Waals surface area contributed by atoms with E-state index in [2.05, 4.69) is 5.32 Å². The van der Waals surface area contributed by atoms with Crippen molar-refractivity contribution in [3.05, 3.63) is 0 Å². The molecular weight excluding hydrogens is 206 g/mol. The maximum atomic E-state index is 9.31. The van der Waals surface area contributed by atoms with Crippen LogP contribution in [-0.4, -0.2) is 81.4 Å². The number of aliphatic hydroxyl groups is 6. The molecule has 92 valence electrons. The summed E-state index contributed by atoms with van der Waals surface area (Å²) in [4.78, 5) is 0. The lowest BCUT2D eigenvalue weighted by Crippen LogP contribution is -2.49. The van der Waals surface area contributed by atoms with Crippen LogP contribution in [0, 0.1) is 0 Å². The first-order valence-electron chi connectivity index (χ1n) is 4.69. The second-order valence-corrected chi connectivity index (χ2v) is 3.23. The molecule has 0 rings (SSSR count). The highest BCUT2D eigenvalue weighted by Crippen LogP contribution is 2.04. The SMILES string of the molecule is OCCNC[C@H](O)[C@@H](O)[C@H](O)[C@@H](O)CO. The van der Waals surface area contributed by atoms with Gasteiger partial charge in [0.15, 0.2) is 0 Å². The van der Waals surface area contributed by atoms with Crippen LogP contribution < -0.4 is 5.32 Å². The largest absolute Gasteiger partial charge is 0.395 e. The normalized spacial score (nSPS) is 19.6. The number of aliphatic hydroxyl groups excluding tert-OH is 6. The Kier molecular flexibility index (Phi) is 7.79. The van der Waals surface area contributed by atoms with E-state index in [1.54, 1.807) is 0 Å². The highest BCUT2D eigenvalue weighted by atomic mass is 16.4. The summed E-state index contributed by atoms with van der Waals surface area (Å²) in [6, 6.07) is 0. The van der Waals surface area contributed by atoms with Gasteiger partial charge in [-0.25, -0.2) is 0 Å². The van der Waals surface area contributed by atoms with E-state index in [0.29, 0.717) is 0 Å². The molecule has 0 fully saturated rings. The van der Waals surface area contributed by atoms with E-state index in [1.807, 2.05) is 0 Å². The molecule has 4 atom stereocenters. The third-order valence-corrected chi connectivity index (χ3v) is 1.97. The molecule has 0 radical (unpaired) electrons. The first-order valence-corrected chi connectivity index (χ1v) is 4.69. The molecule has 0 saturated carbocycles.